The number of sulfonamides is 1. The first-order valence-electron chi connectivity index (χ1n) is 8.23. The highest BCUT2D eigenvalue weighted by Crippen LogP contribution is 2.36. The summed E-state index contributed by atoms with van der Waals surface area (Å²) in [5.74, 6) is -0.0695. The summed E-state index contributed by atoms with van der Waals surface area (Å²) in [4.78, 5) is 12.4. The fraction of sp³-hybridized carbons (Fsp3) is 0.211. The Kier molecular flexibility index (Phi) is 4.93. The maximum absolute atomic E-state index is 13.9. The Morgan fingerprint density at radius 2 is 1.85 bits per heavy atom. The first-order valence-corrected chi connectivity index (χ1v) is 9.88. The molecule has 0 spiro atoms. The molecule has 0 amide bonds. The molecule has 1 aromatic heterocycles. The van der Waals surface area contributed by atoms with Crippen LogP contribution in [0.2, 0.25) is 0 Å². The summed E-state index contributed by atoms with van der Waals surface area (Å²) in [7, 11) is -0.374. The van der Waals surface area contributed by atoms with Crippen molar-refractivity contribution in [3.05, 3.63) is 58.8 Å². The normalized spacial score (nSPS) is 11.6. The number of aryl methyl sites for hydroxylation is 1. The molecule has 1 heterocycles. The van der Waals surface area contributed by atoms with Crippen LogP contribution < -0.4 is 15.0 Å². The molecule has 3 aromatic rings. The molecule has 142 valence electrons. The average molecular weight is 390 g/mol. The number of pyridine rings is 1. The maximum Gasteiger partial charge on any atom is 0.258 e. The lowest BCUT2D eigenvalue weighted by Crippen LogP contribution is -2.17. The van der Waals surface area contributed by atoms with E-state index >= 15 is 0 Å². The van der Waals surface area contributed by atoms with Crippen LogP contribution in [0.1, 0.15) is 6.92 Å². The van der Waals surface area contributed by atoms with E-state index in [1.807, 2.05) is 0 Å². The summed E-state index contributed by atoms with van der Waals surface area (Å²) in [6.07, 6.45) is 1.58. The van der Waals surface area contributed by atoms with Crippen LogP contribution in [0.15, 0.2) is 47.4 Å². The number of hydrogen-bond donors (Lipinski definition) is 1. The van der Waals surface area contributed by atoms with Crippen LogP contribution in [0.3, 0.4) is 0 Å². The van der Waals surface area contributed by atoms with Gasteiger partial charge in [0, 0.05) is 35.4 Å². The van der Waals surface area contributed by atoms with Crippen molar-refractivity contribution in [2.24, 2.45) is 7.05 Å². The van der Waals surface area contributed by atoms with Gasteiger partial charge in [-0.3, -0.25) is 9.52 Å². The number of nitrogens with one attached hydrogen (secondary N) is 1. The SMILES string of the molecule is CCS(=O)(=O)Nc1ccc(OC)c(-c2cn(C)c(=O)c3ccc(F)cc23)c1. The number of rotatable bonds is 5. The standard InChI is InChI=1S/C19H19FN2O4S/c1-4-27(24,25)21-13-6-8-18(26-3)16(10-13)17-11-22(2)19(23)14-7-5-12(20)9-15(14)17/h5-11,21H,4H2,1-3H3. The predicted molar refractivity (Wildman–Crippen MR) is 104 cm³/mol. The van der Waals surface area contributed by atoms with Crippen molar-refractivity contribution < 1.29 is 17.5 Å². The topological polar surface area (TPSA) is 77.4 Å². The highest BCUT2D eigenvalue weighted by molar-refractivity contribution is 7.92. The van der Waals surface area contributed by atoms with Crippen molar-refractivity contribution >= 4 is 26.5 Å². The molecule has 6 nitrogen and oxygen atoms in total. The van der Waals surface area contributed by atoms with Crippen molar-refractivity contribution in [2.45, 2.75) is 6.92 Å². The number of fused-ring (bicyclic) bond motifs is 1. The Labute approximate surface area is 156 Å². The Bertz CT molecular complexity index is 1190. The smallest absolute Gasteiger partial charge is 0.258 e. The highest BCUT2D eigenvalue weighted by Gasteiger charge is 2.16. The second-order valence-electron chi connectivity index (χ2n) is 6.07. The van der Waals surface area contributed by atoms with Crippen molar-refractivity contribution in [3.8, 4) is 16.9 Å². The Balaban J connectivity index is 2.31. The van der Waals surface area contributed by atoms with Gasteiger partial charge >= 0.3 is 0 Å². The molecule has 0 atom stereocenters. The number of anilines is 1. The molecule has 0 unspecified atom stereocenters. The molecule has 0 saturated carbocycles. The molecule has 0 radical (unpaired) electrons. The zero-order valence-corrected chi connectivity index (χ0v) is 15.9. The molecular weight excluding hydrogens is 371 g/mol. The minimum atomic E-state index is -3.46. The van der Waals surface area contributed by atoms with Crippen molar-refractivity contribution in [1.82, 2.24) is 4.57 Å². The van der Waals surface area contributed by atoms with Gasteiger partial charge in [0.2, 0.25) is 10.0 Å². The zero-order chi connectivity index (χ0) is 19.8. The molecule has 2 aromatic carbocycles. The van der Waals surface area contributed by atoms with Gasteiger partial charge in [0.05, 0.1) is 12.9 Å². The van der Waals surface area contributed by atoms with E-state index in [0.29, 0.717) is 33.3 Å². The van der Waals surface area contributed by atoms with E-state index in [0.717, 1.165) is 0 Å². The van der Waals surface area contributed by atoms with Gasteiger partial charge in [-0.2, -0.15) is 0 Å². The van der Waals surface area contributed by atoms with Gasteiger partial charge in [0.15, 0.2) is 0 Å². The summed E-state index contributed by atoms with van der Waals surface area (Å²) < 4.78 is 46.9. The summed E-state index contributed by atoms with van der Waals surface area (Å²) in [6, 6.07) is 8.77. The molecule has 0 aliphatic rings. The van der Waals surface area contributed by atoms with Crippen molar-refractivity contribution in [1.29, 1.82) is 0 Å². The first-order chi connectivity index (χ1) is 12.8. The minimum Gasteiger partial charge on any atom is -0.496 e. The number of methoxy groups -OCH3 is 1. The molecule has 27 heavy (non-hydrogen) atoms. The first kappa shape index (κ1) is 18.9. The van der Waals surface area contributed by atoms with Crippen LogP contribution in [0.5, 0.6) is 5.75 Å². The fourth-order valence-electron chi connectivity index (χ4n) is 2.89. The largest absolute Gasteiger partial charge is 0.496 e. The summed E-state index contributed by atoms with van der Waals surface area (Å²) in [5, 5.41) is 0.782. The zero-order valence-electron chi connectivity index (χ0n) is 15.1. The second-order valence-corrected chi connectivity index (χ2v) is 8.08. The molecule has 0 fully saturated rings. The van der Waals surface area contributed by atoms with E-state index in [1.165, 1.54) is 36.8 Å². The van der Waals surface area contributed by atoms with E-state index in [-0.39, 0.29) is 11.3 Å². The van der Waals surface area contributed by atoms with Crippen LogP contribution >= 0.6 is 0 Å². The predicted octanol–water partition coefficient (Wildman–Crippen LogP) is 3.11. The fourth-order valence-corrected chi connectivity index (χ4v) is 3.52. The van der Waals surface area contributed by atoms with Gasteiger partial charge in [-0.15, -0.1) is 0 Å². The molecule has 0 aliphatic heterocycles. The van der Waals surface area contributed by atoms with Crippen molar-refractivity contribution in [2.75, 3.05) is 17.6 Å². The third-order valence-corrected chi connectivity index (χ3v) is 5.60. The van der Waals surface area contributed by atoms with Crippen LogP contribution in [0, 0.1) is 5.82 Å². The number of nitrogens with zero attached hydrogens (tertiary/aromatic N) is 1. The van der Waals surface area contributed by atoms with Crippen LogP contribution in [0.4, 0.5) is 10.1 Å². The molecular formula is C19H19FN2O4S. The van der Waals surface area contributed by atoms with Gasteiger partial charge in [0.1, 0.15) is 11.6 Å². The van der Waals surface area contributed by atoms with E-state index < -0.39 is 15.8 Å². The third-order valence-electron chi connectivity index (χ3n) is 4.29. The van der Waals surface area contributed by atoms with E-state index in [1.54, 1.807) is 31.4 Å². The molecule has 8 heteroatoms. The van der Waals surface area contributed by atoms with Crippen LogP contribution in [0.25, 0.3) is 21.9 Å². The summed E-state index contributed by atoms with van der Waals surface area (Å²) in [6.45, 7) is 1.54. The lowest BCUT2D eigenvalue weighted by atomic mass is 9.99. The van der Waals surface area contributed by atoms with Gasteiger partial charge in [-0.25, -0.2) is 12.8 Å². The molecule has 0 aliphatic carbocycles. The lowest BCUT2D eigenvalue weighted by Gasteiger charge is -2.15. The maximum atomic E-state index is 13.9. The molecule has 3 rings (SSSR count). The molecule has 0 bridgehead atoms. The highest BCUT2D eigenvalue weighted by atomic mass is 32.2. The van der Waals surface area contributed by atoms with Gasteiger partial charge in [-0.1, -0.05) is 0 Å². The van der Waals surface area contributed by atoms with E-state index in [2.05, 4.69) is 4.72 Å². The van der Waals surface area contributed by atoms with Gasteiger partial charge in [-0.05, 0) is 48.7 Å². The number of aromatic nitrogens is 1. The van der Waals surface area contributed by atoms with Gasteiger partial charge in [0.25, 0.3) is 5.56 Å². The molecule has 0 saturated heterocycles. The number of halogens is 1. The monoisotopic (exact) mass is 390 g/mol. The number of ether oxygens (including phenoxy) is 1. The molecule has 1 N–H and O–H groups in total. The quantitative estimate of drug-likeness (QED) is 0.726. The minimum absolute atomic E-state index is 0.0671. The van der Waals surface area contributed by atoms with Crippen molar-refractivity contribution in [3.63, 3.8) is 0 Å². The van der Waals surface area contributed by atoms with E-state index in [9.17, 15) is 17.6 Å². The Morgan fingerprint density at radius 3 is 2.52 bits per heavy atom. The average Bonchev–Trinajstić information content (AvgIpc) is 2.64. The number of benzene rings is 2. The van der Waals surface area contributed by atoms with E-state index in [4.69, 9.17) is 4.74 Å². The number of hydrogen-bond acceptors (Lipinski definition) is 4. The second kappa shape index (κ2) is 7.03. The van der Waals surface area contributed by atoms with Crippen LogP contribution in [-0.2, 0) is 17.1 Å². The Hall–Kier alpha value is -2.87. The summed E-state index contributed by atoms with van der Waals surface area (Å²) >= 11 is 0. The van der Waals surface area contributed by atoms with Crippen LogP contribution in [-0.4, -0.2) is 25.8 Å². The lowest BCUT2D eigenvalue weighted by molar-refractivity contribution is 0.416. The Morgan fingerprint density at radius 1 is 1.11 bits per heavy atom. The third kappa shape index (κ3) is 3.66. The van der Waals surface area contributed by atoms with Gasteiger partial charge < -0.3 is 9.30 Å². The summed E-state index contributed by atoms with van der Waals surface area (Å²) in [5.41, 5.74) is 1.20.